The van der Waals surface area contributed by atoms with Crippen molar-refractivity contribution in [2.45, 2.75) is 6.10 Å². The summed E-state index contributed by atoms with van der Waals surface area (Å²) < 4.78 is 13.4. The molecular formula is C16H16ClFN2O2. The summed E-state index contributed by atoms with van der Waals surface area (Å²) in [6.07, 6.45) is -0.800. The zero-order valence-corrected chi connectivity index (χ0v) is 12.5. The van der Waals surface area contributed by atoms with Gasteiger partial charge in [0.05, 0.1) is 11.7 Å². The Morgan fingerprint density at radius 1 is 1.14 bits per heavy atom. The van der Waals surface area contributed by atoms with Crippen LogP contribution >= 0.6 is 11.6 Å². The fourth-order valence-electron chi connectivity index (χ4n) is 1.83. The first-order valence-corrected chi connectivity index (χ1v) is 7.14. The molecule has 0 aromatic heterocycles. The topological polar surface area (TPSA) is 61.4 Å². The lowest BCUT2D eigenvalue weighted by atomic mass is 10.2. The predicted octanol–water partition coefficient (Wildman–Crippen LogP) is 2.68. The zero-order chi connectivity index (χ0) is 15.9. The maximum atomic E-state index is 13.4. The second-order valence-electron chi connectivity index (χ2n) is 4.73. The van der Waals surface area contributed by atoms with E-state index < -0.39 is 17.8 Å². The van der Waals surface area contributed by atoms with E-state index >= 15 is 0 Å². The van der Waals surface area contributed by atoms with Gasteiger partial charge >= 0.3 is 0 Å². The molecule has 1 atom stereocenters. The Labute approximate surface area is 132 Å². The van der Waals surface area contributed by atoms with Crippen molar-refractivity contribution in [1.82, 2.24) is 5.32 Å². The molecule has 2 aromatic rings. The molecule has 1 amide bonds. The minimum absolute atomic E-state index is 0.0216. The standard InChI is InChI=1S/C16H16ClFN2O2/c17-11-5-7-12(8-6-11)19-9-13(21)10-20-16(22)14-3-1-2-4-15(14)18/h1-8,13,19,21H,9-10H2,(H,20,22). The third-order valence-corrected chi connectivity index (χ3v) is 3.25. The summed E-state index contributed by atoms with van der Waals surface area (Å²) >= 11 is 5.77. The molecule has 0 aliphatic heterocycles. The van der Waals surface area contributed by atoms with Crippen molar-refractivity contribution in [3.05, 3.63) is 64.9 Å². The molecule has 4 nitrogen and oxygen atoms in total. The van der Waals surface area contributed by atoms with Crippen LogP contribution in [0.5, 0.6) is 0 Å². The molecule has 1 unspecified atom stereocenters. The number of rotatable bonds is 6. The normalized spacial score (nSPS) is 11.8. The lowest BCUT2D eigenvalue weighted by molar-refractivity contribution is 0.0918. The molecular weight excluding hydrogens is 307 g/mol. The molecule has 116 valence electrons. The molecule has 0 radical (unpaired) electrons. The maximum Gasteiger partial charge on any atom is 0.254 e. The molecule has 0 heterocycles. The third-order valence-electron chi connectivity index (χ3n) is 3.00. The summed E-state index contributed by atoms with van der Waals surface area (Å²) in [5.74, 6) is -1.14. The minimum Gasteiger partial charge on any atom is -0.389 e. The Hall–Kier alpha value is -2.11. The lowest BCUT2D eigenvalue weighted by Gasteiger charge is -2.14. The second kappa shape index (κ2) is 7.77. The number of carbonyl (C=O) groups excluding carboxylic acids is 1. The van der Waals surface area contributed by atoms with Crippen LogP contribution in [0, 0.1) is 5.82 Å². The first-order valence-electron chi connectivity index (χ1n) is 6.76. The van der Waals surface area contributed by atoms with Crippen LogP contribution < -0.4 is 10.6 Å². The Kier molecular flexibility index (Phi) is 5.75. The molecule has 3 N–H and O–H groups in total. The van der Waals surface area contributed by atoms with Crippen molar-refractivity contribution < 1.29 is 14.3 Å². The second-order valence-corrected chi connectivity index (χ2v) is 5.17. The average Bonchev–Trinajstić information content (AvgIpc) is 2.52. The molecule has 0 saturated carbocycles. The number of hydrogen-bond acceptors (Lipinski definition) is 3. The number of benzene rings is 2. The van der Waals surface area contributed by atoms with E-state index in [0.717, 1.165) is 5.69 Å². The number of aliphatic hydroxyl groups is 1. The van der Waals surface area contributed by atoms with E-state index in [2.05, 4.69) is 10.6 Å². The van der Waals surface area contributed by atoms with Gasteiger partial charge in [-0.25, -0.2) is 4.39 Å². The van der Waals surface area contributed by atoms with Gasteiger partial charge < -0.3 is 15.7 Å². The number of hydrogen-bond donors (Lipinski definition) is 3. The van der Waals surface area contributed by atoms with E-state index in [1.54, 1.807) is 30.3 Å². The molecule has 0 saturated heterocycles. The number of aliphatic hydroxyl groups excluding tert-OH is 1. The SMILES string of the molecule is O=C(NCC(O)CNc1ccc(Cl)cc1)c1ccccc1F. The van der Waals surface area contributed by atoms with E-state index in [9.17, 15) is 14.3 Å². The van der Waals surface area contributed by atoms with Gasteiger partial charge in [0, 0.05) is 23.8 Å². The van der Waals surface area contributed by atoms with E-state index in [1.165, 1.54) is 18.2 Å². The first kappa shape index (κ1) is 16.3. The lowest BCUT2D eigenvalue weighted by Crippen LogP contribution is -2.36. The van der Waals surface area contributed by atoms with Crippen molar-refractivity contribution >= 4 is 23.2 Å². The van der Waals surface area contributed by atoms with Crippen LogP contribution in [0.4, 0.5) is 10.1 Å². The van der Waals surface area contributed by atoms with Gasteiger partial charge in [0.15, 0.2) is 0 Å². The highest BCUT2D eigenvalue weighted by atomic mass is 35.5. The number of nitrogens with one attached hydrogen (secondary N) is 2. The summed E-state index contributed by atoms with van der Waals surface area (Å²) in [6.45, 7) is 0.271. The van der Waals surface area contributed by atoms with Crippen LogP contribution in [-0.2, 0) is 0 Å². The average molecular weight is 323 g/mol. The van der Waals surface area contributed by atoms with Gasteiger partial charge in [-0.05, 0) is 36.4 Å². The van der Waals surface area contributed by atoms with E-state index in [1.807, 2.05) is 0 Å². The van der Waals surface area contributed by atoms with Gasteiger partial charge in [-0.3, -0.25) is 4.79 Å². The summed E-state index contributed by atoms with van der Waals surface area (Å²) in [4.78, 5) is 11.8. The Morgan fingerprint density at radius 3 is 2.50 bits per heavy atom. The van der Waals surface area contributed by atoms with Crippen molar-refractivity contribution in [2.24, 2.45) is 0 Å². The van der Waals surface area contributed by atoms with Crippen LogP contribution in [0.2, 0.25) is 5.02 Å². The van der Waals surface area contributed by atoms with Crippen LogP contribution in [0.25, 0.3) is 0 Å². The molecule has 22 heavy (non-hydrogen) atoms. The number of halogens is 2. The van der Waals surface area contributed by atoms with Crippen LogP contribution in [-0.4, -0.2) is 30.2 Å². The van der Waals surface area contributed by atoms with Crippen LogP contribution in [0.15, 0.2) is 48.5 Å². The largest absolute Gasteiger partial charge is 0.389 e. The van der Waals surface area contributed by atoms with Crippen molar-refractivity contribution in [1.29, 1.82) is 0 Å². The highest BCUT2D eigenvalue weighted by Gasteiger charge is 2.12. The van der Waals surface area contributed by atoms with Crippen LogP contribution in [0.1, 0.15) is 10.4 Å². The smallest absolute Gasteiger partial charge is 0.254 e. The summed E-state index contributed by atoms with van der Waals surface area (Å²) in [5, 5.41) is 16.0. The highest BCUT2D eigenvalue weighted by molar-refractivity contribution is 6.30. The molecule has 0 spiro atoms. The Bertz CT molecular complexity index is 634. The zero-order valence-electron chi connectivity index (χ0n) is 11.7. The molecule has 2 rings (SSSR count). The molecule has 0 aliphatic carbocycles. The predicted molar refractivity (Wildman–Crippen MR) is 84.7 cm³/mol. The molecule has 0 fully saturated rings. The molecule has 0 bridgehead atoms. The van der Waals surface area contributed by atoms with E-state index in [4.69, 9.17) is 11.6 Å². The maximum absolute atomic E-state index is 13.4. The Balaban J connectivity index is 1.78. The summed E-state index contributed by atoms with van der Waals surface area (Å²) in [7, 11) is 0. The fraction of sp³-hybridized carbons (Fsp3) is 0.188. The van der Waals surface area contributed by atoms with Gasteiger partial charge in [-0.15, -0.1) is 0 Å². The summed E-state index contributed by atoms with van der Waals surface area (Å²) in [5.41, 5.74) is 0.768. The minimum atomic E-state index is -0.800. The quantitative estimate of drug-likeness (QED) is 0.766. The van der Waals surface area contributed by atoms with Gasteiger partial charge in [0.1, 0.15) is 5.82 Å². The van der Waals surface area contributed by atoms with Gasteiger partial charge in [-0.2, -0.15) is 0 Å². The van der Waals surface area contributed by atoms with Crippen molar-refractivity contribution in [3.63, 3.8) is 0 Å². The highest BCUT2D eigenvalue weighted by Crippen LogP contribution is 2.13. The molecule has 6 heteroatoms. The number of anilines is 1. The van der Waals surface area contributed by atoms with E-state index in [0.29, 0.717) is 5.02 Å². The number of carbonyl (C=O) groups is 1. The van der Waals surface area contributed by atoms with Gasteiger partial charge in [-0.1, -0.05) is 23.7 Å². The van der Waals surface area contributed by atoms with Gasteiger partial charge in [0.25, 0.3) is 5.91 Å². The summed E-state index contributed by atoms with van der Waals surface area (Å²) in [6, 6.07) is 12.7. The van der Waals surface area contributed by atoms with Crippen molar-refractivity contribution in [2.75, 3.05) is 18.4 Å². The Morgan fingerprint density at radius 2 is 1.82 bits per heavy atom. The fourth-order valence-corrected chi connectivity index (χ4v) is 1.95. The monoisotopic (exact) mass is 322 g/mol. The van der Waals surface area contributed by atoms with Gasteiger partial charge in [0.2, 0.25) is 0 Å². The third kappa shape index (κ3) is 4.72. The number of amides is 1. The van der Waals surface area contributed by atoms with Crippen LogP contribution in [0.3, 0.4) is 0 Å². The molecule has 0 aliphatic rings. The first-order chi connectivity index (χ1) is 10.6. The van der Waals surface area contributed by atoms with E-state index in [-0.39, 0.29) is 18.7 Å². The molecule has 2 aromatic carbocycles. The van der Waals surface area contributed by atoms with Crippen molar-refractivity contribution in [3.8, 4) is 0 Å².